The molecule has 25 heavy (non-hydrogen) atoms. The summed E-state index contributed by atoms with van der Waals surface area (Å²) in [6.45, 7) is 0.835. The van der Waals surface area contributed by atoms with Crippen LogP contribution in [0.4, 0.5) is 13.2 Å². The number of oxazole rings is 1. The van der Waals surface area contributed by atoms with Gasteiger partial charge in [0.1, 0.15) is 12.0 Å². The van der Waals surface area contributed by atoms with Crippen LogP contribution in [0.25, 0.3) is 11.5 Å². The fourth-order valence-electron chi connectivity index (χ4n) is 2.27. The van der Waals surface area contributed by atoms with Gasteiger partial charge in [-0.05, 0) is 42.0 Å². The summed E-state index contributed by atoms with van der Waals surface area (Å²) in [4.78, 5) is 4.33. The van der Waals surface area contributed by atoms with Crippen LogP contribution >= 0.6 is 0 Å². The molecule has 0 atom stereocenters. The van der Waals surface area contributed by atoms with Crippen molar-refractivity contribution in [3.8, 4) is 17.2 Å². The first kappa shape index (κ1) is 17.0. The average molecular weight is 348 g/mol. The van der Waals surface area contributed by atoms with Gasteiger partial charge < -0.3 is 14.8 Å². The molecule has 130 valence electrons. The number of hydrogen-bond donors (Lipinski definition) is 2. The average Bonchev–Trinajstić information content (AvgIpc) is 3.04. The first-order valence-electron chi connectivity index (χ1n) is 7.52. The van der Waals surface area contributed by atoms with E-state index in [2.05, 4.69) is 10.3 Å². The smallest absolute Gasteiger partial charge is 0.416 e. The van der Waals surface area contributed by atoms with Crippen LogP contribution in [0.2, 0.25) is 0 Å². The molecule has 1 aromatic heterocycles. The highest BCUT2D eigenvalue weighted by Crippen LogP contribution is 2.29. The zero-order chi connectivity index (χ0) is 17.9. The van der Waals surface area contributed by atoms with E-state index >= 15 is 0 Å². The molecule has 0 amide bonds. The van der Waals surface area contributed by atoms with E-state index in [1.807, 2.05) is 0 Å². The van der Waals surface area contributed by atoms with E-state index in [4.69, 9.17) is 4.42 Å². The summed E-state index contributed by atoms with van der Waals surface area (Å²) >= 11 is 0. The van der Waals surface area contributed by atoms with Gasteiger partial charge in [0.2, 0.25) is 5.89 Å². The third-order valence-corrected chi connectivity index (χ3v) is 3.58. The van der Waals surface area contributed by atoms with Gasteiger partial charge in [0.25, 0.3) is 0 Å². The summed E-state index contributed by atoms with van der Waals surface area (Å²) in [5.74, 6) is 0.597. The second-order valence-corrected chi connectivity index (χ2v) is 5.49. The maximum absolute atomic E-state index is 12.5. The molecule has 2 N–H and O–H groups in total. The van der Waals surface area contributed by atoms with Crippen LogP contribution in [0.1, 0.15) is 16.8 Å². The molecule has 0 aliphatic rings. The van der Waals surface area contributed by atoms with Gasteiger partial charge in [0.05, 0.1) is 11.3 Å². The lowest BCUT2D eigenvalue weighted by Crippen LogP contribution is -2.13. The van der Waals surface area contributed by atoms with Crippen molar-refractivity contribution in [1.82, 2.24) is 10.3 Å². The van der Waals surface area contributed by atoms with Crippen LogP contribution in [0, 0.1) is 0 Å². The first-order valence-corrected chi connectivity index (χ1v) is 7.52. The van der Waals surface area contributed by atoms with E-state index in [0.29, 0.717) is 24.7 Å². The minimum atomic E-state index is -4.32. The van der Waals surface area contributed by atoms with Crippen LogP contribution in [-0.2, 0) is 19.3 Å². The van der Waals surface area contributed by atoms with Crippen molar-refractivity contribution in [3.05, 3.63) is 71.6 Å². The lowest BCUT2D eigenvalue weighted by atomic mass is 10.1. The van der Waals surface area contributed by atoms with E-state index in [1.165, 1.54) is 18.4 Å². The van der Waals surface area contributed by atoms with E-state index in [-0.39, 0.29) is 5.75 Å². The molecule has 3 aromatic rings. The Morgan fingerprint density at radius 1 is 0.960 bits per heavy atom. The molecule has 0 unspecified atom stereocenters. The number of benzene rings is 2. The fraction of sp³-hybridized carbons (Fsp3) is 0.167. The highest BCUT2D eigenvalue weighted by molar-refractivity contribution is 5.54. The Morgan fingerprint density at radius 2 is 1.64 bits per heavy atom. The second kappa shape index (κ2) is 6.98. The molecule has 4 nitrogen and oxygen atoms in total. The molecule has 0 spiro atoms. The number of alkyl halides is 3. The van der Waals surface area contributed by atoms with Gasteiger partial charge in [-0.3, -0.25) is 0 Å². The van der Waals surface area contributed by atoms with Crippen LogP contribution in [0.5, 0.6) is 5.75 Å². The van der Waals surface area contributed by atoms with Gasteiger partial charge in [0.15, 0.2) is 0 Å². The molecule has 0 saturated heterocycles. The summed E-state index contributed by atoms with van der Waals surface area (Å²) in [7, 11) is 0. The lowest BCUT2D eigenvalue weighted by molar-refractivity contribution is -0.137. The Bertz CT molecular complexity index is 825. The number of rotatable bonds is 5. The summed E-state index contributed by atoms with van der Waals surface area (Å²) in [5, 5.41) is 12.4. The third-order valence-electron chi connectivity index (χ3n) is 3.58. The second-order valence-electron chi connectivity index (χ2n) is 5.49. The highest BCUT2D eigenvalue weighted by Gasteiger charge is 2.29. The molecule has 3 rings (SSSR count). The molecule has 0 fully saturated rings. The summed E-state index contributed by atoms with van der Waals surface area (Å²) in [5.41, 5.74) is 1.50. The monoisotopic (exact) mass is 348 g/mol. The van der Waals surface area contributed by atoms with Crippen molar-refractivity contribution in [2.45, 2.75) is 19.3 Å². The number of aromatic nitrogens is 1. The zero-order valence-corrected chi connectivity index (χ0v) is 13.0. The number of aromatic hydroxyl groups is 1. The molecule has 0 aliphatic carbocycles. The predicted octanol–water partition coefficient (Wildman–Crippen LogP) is 4.36. The fourth-order valence-corrected chi connectivity index (χ4v) is 2.27. The Kier molecular flexibility index (Phi) is 4.76. The molecule has 7 heteroatoms. The number of halogens is 3. The molecule has 0 saturated carbocycles. The van der Waals surface area contributed by atoms with E-state index in [9.17, 15) is 18.3 Å². The Balaban J connectivity index is 1.55. The molecular formula is C18H15F3N2O2. The van der Waals surface area contributed by atoms with E-state index in [0.717, 1.165) is 23.3 Å². The molecule has 0 bridgehead atoms. The largest absolute Gasteiger partial charge is 0.508 e. The van der Waals surface area contributed by atoms with Gasteiger partial charge in [-0.2, -0.15) is 13.2 Å². The highest BCUT2D eigenvalue weighted by atomic mass is 19.4. The standard InChI is InChI=1S/C18H15F3N2O2/c19-18(20,21)14-5-1-12(2-6-14)9-22-10-15-11-25-17(23-15)13-3-7-16(24)8-4-13/h1-8,11,22,24H,9-10H2. The summed E-state index contributed by atoms with van der Waals surface area (Å²) in [6, 6.07) is 11.5. The number of phenolic OH excluding ortho intramolecular Hbond substituents is 1. The van der Waals surface area contributed by atoms with Crippen molar-refractivity contribution >= 4 is 0 Å². The van der Waals surface area contributed by atoms with Crippen LogP contribution < -0.4 is 5.32 Å². The van der Waals surface area contributed by atoms with Crippen LogP contribution in [-0.4, -0.2) is 10.1 Å². The number of phenols is 1. The first-order chi connectivity index (χ1) is 11.9. The van der Waals surface area contributed by atoms with Gasteiger partial charge in [-0.15, -0.1) is 0 Å². The van der Waals surface area contributed by atoms with Crippen molar-refractivity contribution in [2.75, 3.05) is 0 Å². The van der Waals surface area contributed by atoms with E-state index < -0.39 is 11.7 Å². The van der Waals surface area contributed by atoms with Crippen molar-refractivity contribution in [1.29, 1.82) is 0 Å². The molecule has 2 aromatic carbocycles. The Morgan fingerprint density at radius 3 is 2.28 bits per heavy atom. The van der Waals surface area contributed by atoms with Gasteiger partial charge >= 0.3 is 6.18 Å². The zero-order valence-electron chi connectivity index (χ0n) is 13.0. The topological polar surface area (TPSA) is 58.3 Å². The van der Waals surface area contributed by atoms with Crippen molar-refractivity contribution < 1.29 is 22.7 Å². The summed E-state index contributed by atoms with van der Waals surface area (Å²) in [6.07, 6.45) is -2.81. The third kappa shape index (κ3) is 4.39. The number of hydrogen-bond acceptors (Lipinski definition) is 4. The molecule has 1 heterocycles. The SMILES string of the molecule is Oc1ccc(-c2nc(CNCc3ccc(C(F)(F)F)cc3)co2)cc1. The van der Waals surface area contributed by atoms with Gasteiger partial charge in [-0.25, -0.2) is 4.98 Å². The maximum Gasteiger partial charge on any atom is 0.416 e. The maximum atomic E-state index is 12.5. The minimum absolute atomic E-state index is 0.161. The summed E-state index contributed by atoms with van der Waals surface area (Å²) < 4.78 is 42.9. The van der Waals surface area contributed by atoms with Crippen LogP contribution in [0.15, 0.2) is 59.2 Å². The van der Waals surface area contributed by atoms with Crippen molar-refractivity contribution in [2.24, 2.45) is 0 Å². The molecular weight excluding hydrogens is 333 g/mol. The lowest BCUT2D eigenvalue weighted by Gasteiger charge is -2.08. The number of nitrogens with zero attached hydrogens (tertiary/aromatic N) is 1. The molecule has 0 radical (unpaired) electrons. The normalized spacial score (nSPS) is 11.6. The van der Waals surface area contributed by atoms with Crippen LogP contribution in [0.3, 0.4) is 0 Å². The van der Waals surface area contributed by atoms with Crippen molar-refractivity contribution in [3.63, 3.8) is 0 Å². The van der Waals surface area contributed by atoms with Gasteiger partial charge in [0, 0.05) is 18.7 Å². The number of nitrogens with one attached hydrogen (secondary N) is 1. The quantitative estimate of drug-likeness (QED) is 0.719. The van der Waals surface area contributed by atoms with E-state index in [1.54, 1.807) is 24.3 Å². The Hall–Kier alpha value is -2.80. The minimum Gasteiger partial charge on any atom is -0.508 e. The predicted molar refractivity (Wildman–Crippen MR) is 85.6 cm³/mol. The van der Waals surface area contributed by atoms with Gasteiger partial charge in [-0.1, -0.05) is 12.1 Å². The Labute approximate surface area is 141 Å². The molecule has 0 aliphatic heterocycles.